The lowest BCUT2D eigenvalue weighted by molar-refractivity contribution is -0.137. The van der Waals surface area contributed by atoms with E-state index in [1.54, 1.807) is 6.08 Å². The number of alkyl carbamates (subject to hydrolysis) is 1. The van der Waals surface area contributed by atoms with Crippen molar-refractivity contribution in [3.8, 4) is 11.1 Å². The van der Waals surface area contributed by atoms with Gasteiger partial charge in [-0.05, 0) is 41.5 Å². The second kappa shape index (κ2) is 12.0. The molecule has 2 aromatic carbocycles. The number of hydrogen-bond acceptors (Lipinski definition) is 4. The van der Waals surface area contributed by atoms with E-state index in [9.17, 15) is 14.4 Å². The lowest BCUT2D eigenvalue weighted by atomic mass is 9.98. The van der Waals surface area contributed by atoms with Gasteiger partial charge in [0.15, 0.2) is 0 Å². The molecule has 7 heteroatoms. The first kappa shape index (κ1) is 25.0. The maximum Gasteiger partial charge on any atom is 0.407 e. The largest absolute Gasteiger partial charge is 0.481 e. The van der Waals surface area contributed by atoms with Gasteiger partial charge in [-0.1, -0.05) is 68.0 Å². The first-order valence-corrected chi connectivity index (χ1v) is 11.7. The van der Waals surface area contributed by atoms with Gasteiger partial charge >= 0.3 is 12.1 Å². The van der Waals surface area contributed by atoms with Gasteiger partial charge in [-0.2, -0.15) is 0 Å². The first-order valence-electron chi connectivity index (χ1n) is 11.7. The summed E-state index contributed by atoms with van der Waals surface area (Å²) in [5.41, 5.74) is 4.48. The van der Waals surface area contributed by atoms with Crippen LogP contribution >= 0.6 is 0 Å². The molecule has 2 aromatic rings. The molecule has 0 radical (unpaired) electrons. The van der Waals surface area contributed by atoms with Crippen molar-refractivity contribution in [2.24, 2.45) is 0 Å². The molecule has 2 amide bonds. The van der Waals surface area contributed by atoms with Crippen LogP contribution in [0.4, 0.5) is 4.79 Å². The van der Waals surface area contributed by atoms with Crippen molar-refractivity contribution in [3.05, 3.63) is 72.3 Å². The van der Waals surface area contributed by atoms with Crippen molar-refractivity contribution < 1.29 is 24.2 Å². The highest BCUT2D eigenvalue weighted by Gasteiger charge is 2.30. The number of rotatable bonds is 12. The number of hydrogen-bond donors (Lipinski definition) is 3. The number of carboxylic acids is 1. The first-order chi connectivity index (χ1) is 16.4. The molecule has 0 aliphatic heterocycles. The van der Waals surface area contributed by atoms with Crippen LogP contribution in [0.5, 0.6) is 0 Å². The molecule has 0 fully saturated rings. The zero-order chi connectivity index (χ0) is 24.5. The molecule has 1 aliphatic rings. The van der Waals surface area contributed by atoms with Crippen molar-refractivity contribution in [2.75, 3.05) is 6.61 Å². The summed E-state index contributed by atoms with van der Waals surface area (Å²) in [4.78, 5) is 36.6. The minimum Gasteiger partial charge on any atom is -0.481 e. The fourth-order valence-electron chi connectivity index (χ4n) is 4.42. The van der Waals surface area contributed by atoms with Crippen LogP contribution in [0.15, 0.2) is 61.2 Å². The zero-order valence-electron chi connectivity index (χ0n) is 19.5. The van der Waals surface area contributed by atoms with E-state index in [-0.39, 0.29) is 18.9 Å². The molecule has 0 saturated heterocycles. The predicted octanol–water partition coefficient (Wildman–Crippen LogP) is 4.62. The molecule has 0 aromatic heterocycles. The van der Waals surface area contributed by atoms with Crippen LogP contribution in [-0.2, 0) is 14.3 Å². The van der Waals surface area contributed by atoms with Gasteiger partial charge in [0.25, 0.3) is 0 Å². The van der Waals surface area contributed by atoms with Gasteiger partial charge < -0.3 is 20.5 Å². The third kappa shape index (κ3) is 6.25. The van der Waals surface area contributed by atoms with E-state index in [0.717, 1.165) is 28.7 Å². The van der Waals surface area contributed by atoms with Crippen molar-refractivity contribution in [1.82, 2.24) is 10.6 Å². The molecule has 34 heavy (non-hydrogen) atoms. The molecule has 180 valence electrons. The summed E-state index contributed by atoms with van der Waals surface area (Å²) in [6.45, 7) is 5.75. The highest BCUT2D eigenvalue weighted by molar-refractivity contribution is 5.86. The quantitative estimate of drug-likeness (QED) is 0.398. The molecule has 7 nitrogen and oxygen atoms in total. The van der Waals surface area contributed by atoms with Crippen LogP contribution in [0.3, 0.4) is 0 Å². The molecule has 3 rings (SSSR count). The molecular formula is C27H32N2O5. The summed E-state index contributed by atoms with van der Waals surface area (Å²) in [6, 6.07) is 14.8. The maximum atomic E-state index is 12.8. The molecule has 0 spiro atoms. The van der Waals surface area contributed by atoms with E-state index in [1.165, 1.54) is 0 Å². The number of benzene rings is 2. The summed E-state index contributed by atoms with van der Waals surface area (Å²) >= 11 is 0. The Balaban J connectivity index is 1.64. The number of ether oxygens (including phenoxy) is 1. The Morgan fingerprint density at radius 3 is 2.21 bits per heavy atom. The number of carbonyl (C=O) groups excluding carboxylic acids is 2. The third-order valence-corrected chi connectivity index (χ3v) is 6.02. The summed E-state index contributed by atoms with van der Waals surface area (Å²) in [5.74, 6) is -1.48. The topological polar surface area (TPSA) is 105 Å². The number of allylic oxidation sites excluding steroid dienone is 1. The predicted molar refractivity (Wildman–Crippen MR) is 131 cm³/mol. The van der Waals surface area contributed by atoms with E-state index in [0.29, 0.717) is 19.3 Å². The van der Waals surface area contributed by atoms with E-state index in [1.807, 2.05) is 43.3 Å². The van der Waals surface area contributed by atoms with Crippen LogP contribution in [-0.4, -0.2) is 41.8 Å². The van der Waals surface area contributed by atoms with Crippen molar-refractivity contribution >= 4 is 18.0 Å². The lowest BCUT2D eigenvalue weighted by Crippen LogP contribution is -2.50. The molecule has 3 N–H and O–H groups in total. The highest BCUT2D eigenvalue weighted by atomic mass is 16.5. The fraction of sp³-hybridized carbons (Fsp3) is 0.370. The van der Waals surface area contributed by atoms with Gasteiger partial charge in [0, 0.05) is 12.0 Å². The Kier molecular flexibility index (Phi) is 8.85. The molecule has 1 aliphatic carbocycles. The van der Waals surface area contributed by atoms with Crippen molar-refractivity contribution in [1.29, 1.82) is 0 Å². The van der Waals surface area contributed by atoms with Crippen LogP contribution in [0.1, 0.15) is 56.1 Å². The Bertz CT molecular complexity index is 990. The van der Waals surface area contributed by atoms with Gasteiger partial charge in [-0.15, -0.1) is 6.58 Å². The summed E-state index contributed by atoms with van der Waals surface area (Å²) in [7, 11) is 0. The van der Waals surface area contributed by atoms with Gasteiger partial charge in [0.05, 0.1) is 6.42 Å². The standard InChI is InChI=1S/C27H32N2O5/c1-3-5-15-24(26(32)28-18(10-4-2)16-25(30)31)29-27(33)34-17-23-21-13-8-6-11-19(21)20-12-7-9-14-22(20)23/h3,6-9,11-14,18,23-24H,1,4-5,10,15-17H2,2H3,(H,28,32)(H,29,33)(H,30,31)/t18-,24?/m0/s1. The van der Waals surface area contributed by atoms with Crippen LogP contribution in [0.25, 0.3) is 11.1 Å². The van der Waals surface area contributed by atoms with Gasteiger partial charge in [-0.3, -0.25) is 9.59 Å². The molecule has 2 atom stereocenters. The Hall–Kier alpha value is -3.61. The minimum atomic E-state index is -0.981. The molecular weight excluding hydrogens is 432 g/mol. The average molecular weight is 465 g/mol. The second-order valence-corrected chi connectivity index (χ2v) is 8.48. The lowest BCUT2D eigenvalue weighted by Gasteiger charge is -2.22. The van der Waals surface area contributed by atoms with Gasteiger partial charge in [-0.25, -0.2) is 4.79 Å². The number of amides is 2. The Labute approximate surface area is 200 Å². The normalized spacial score (nSPS) is 13.8. The average Bonchev–Trinajstić information content (AvgIpc) is 3.14. The second-order valence-electron chi connectivity index (χ2n) is 8.48. The third-order valence-electron chi connectivity index (χ3n) is 6.02. The number of nitrogens with one attached hydrogen (secondary N) is 2. The number of fused-ring (bicyclic) bond motifs is 3. The Morgan fingerprint density at radius 2 is 1.65 bits per heavy atom. The molecule has 1 unspecified atom stereocenters. The van der Waals surface area contributed by atoms with Crippen LogP contribution < -0.4 is 10.6 Å². The van der Waals surface area contributed by atoms with Crippen LogP contribution in [0, 0.1) is 0 Å². The van der Waals surface area contributed by atoms with E-state index in [2.05, 4.69) is 29.3 Å². The number of carboxylic acid groups (broad SMARTS) is 1. The summed E-state index contributed by atoms with van der Waals surface area (Å²) in [5, 5.41) is 14.5. The summed E-state index contributed by atoms with van der Waals surface area (Å²) in [6.07, 6.45) is 2.94. The van der Waals surface area contributed by atoms with E-state index in [4.69, 9.17) is 9.84 Å². The van der Waals surface area contributed by atoms with Gasteiger partial charge in [0.1, 0.15) is 12.6 Å². The number of carbonyl (C=O) groups is 3. The SMILES string of the molecule is C=CCCC(NC(=O)OCC1c2ccccc2-c2ccccc21)C(=O)N[C@@H](CCC)CC(=O)O. The van der Waals surface area contributed by atoms with E-state index >= 15 is 0 Å². The minimum absolute atomic E-state index is 0.0805. The van der Waals surface area contributed by atoms with E-state index < -0.39 is 30.1 Å². The van der Waals surface area contributed by atoms with Crippen LogP contribution in [0.2, 0.25) is 0 Å². The maximum absolute atomic E-state index is 12.8. The fourth-order valence-corrected chi connectivity index (χ4v) is 4.42. The highest BCUT2D eigenvalue weighted by Crippen LogP contribution is 2.44. The number of aliphatic carboxylic acids is 1. The molecule has 0 saturated carbocycles. The monoisotopic (exact) mass is 464 g/mol. The molecule has 0 heterocycles. The smallest absolute Gasteiger partial charge is 0.407 e. The Morgan fingerprint density at radius 1 is 1.03 bits per heavy atom. The zero-order valence-corrected chi connectivity index (χ0v) is 19.5. The molecule has 0 bridgehead atoms. The van der Waals surface area contributed by atoms with Gasteiger partial charge in [0.2, 0.25) is 5.91 Å². The summed E-state index contributed by atoms with van der Waals surface area (Å²) < 4.78 is 5.57. The van der Waals surface area contributed by atoms with Crippen molar-refractivity contribution in [2.45, 2.75) is 57.0 Å². The van der Waals surface area contributed by atoms with Crippen molar-refractivity contribution in [3.63, 3.8) is 0 Å².